The predicted molar refractivity (Wildman–Crippen MR) is 118 cm³/mol. The van der Waals surface area contributed by atoms with Crippen LogP contribution in [0.5, 0.6) is 0 Å². The molecule has 1 aliphatic rings. The number of thioether (sulfide) groups is 1. The van der Waals surface area contributed by atoms with Crippen LogP contribution in [-0.2, 0) is 9.59 Å². The molecule has 2 aromatic carbocycles. The molecule has 0 saturated carbocycles. The number of thiocarbonyl (C=S) groups is 1. The van der Waals surface area contributed by atoms with Crippen molar-refractivity contribution in [2.45, 2.75) is 6.42 Å². The van der Waals surface area contributed by atoms with Gasteiger partial charge in [-0.3, -0.25) is 30.1 Å². The number of hydrogen-bond donors (Lipinski definition) is 2. The minimum absolute atomic E-state index is 0.0130. The van der Waals surface area contributed by atoms with Crippen LogP contribution in [0, 0.1) is 0 Å². The van der Waals surface area contributed by atoms with Crippen LogP contribution in [0.25, 0.3) is 6.08 Å². The molecular formula is C20H16ClN3O3S2. The lowest BCUT2D eigenvalue weighted by Crippen LogP contribution is -2.43. The highest BCUT2D eigenvalue weighted by Crippen LogP contribution is 2.33. The summed E-state index contributed by atoms with van der Waals surface area (Å²) in [6.07, 6.45) is 1.67. The molecule has 1 saturated heterocycles. The van der Waals surface area contributed by atoms with Crippen LogP contribution >= 0.6 is 35.6 Å². The van der Waals surface area contributed by atoms with Crippen LogP contribution in [0.1, 0.15) is 22.3 Å². The van der Waals surface area contributed by atoms with Crippen molar-refractivity contribution in [2.75, 3.05) is 6.54 Å². The SMILES string of the molecule is O=C(CCN1C(=O)/C(=C\c2ccccc2Cl)SC1=S)NNC(=O)c1ccccc1. The Bertz CT molecular complexity index is 995. The van der Waals surface area contributed by atoms with Crippen LogP contribution in [0.4, 0.5) is 0 Å². The predicted octanol–water partition coefficient (Wildman–Crippen LogP) is 3.39. The molecule has 1 fully saturated rings. The maximum absolute atomic E-state index is 12.6. The molecule has 9 heteroatoms. The zero-order valence-electron chi connectivity index (χ0n) is 15.1. The van der Waals surface area contributed by atoms with Gasteiger partial charge in [0.15, 0.2) is 0 Å². The van der Waals surface area contributed by atoms with Crippen LogP contribution in [0.15, 0.2) is 59.5 Å². The number of hydrazine groups is 1. The Labute approximate surface area is 182 Å². The summed E-state index contributed by atoms with van der Waals surface area (Å²) in [6, 6.07) is 15.7. The highest BCUT2D eigenvalue weighted by Gasteiger charge is 2.32. The third-order valence-corrected chi connectivity index (χ3v) is 5.70. The molecule has 2 aromatic rings. The second-order valence-electron chi connectivity index (χ2n) is 5.97. The quantitative estimate of drug-likeness (QED) is 0.419. The number of nitrogens with one attached hydrogen (secondary N) is 2. The van der Waals surface area contributed by atoms with Crippen LogP contribution < -0.4 is 10.9 Å². The van der Waals surface area contributed by atoms with E-state index in [0.717, 1.165) is 17.3 Å². The van der Waals surface area contributed by atoms with Gasteiger partial charge >= 0.3 is 0 Å². The summed E-state index contributed by atoms with van der Waals surface area (Å²) in [4.78, 5) is 38.4. The molecule has 0 unspecified atom stereocenters. The molecule has 0 atom stereocenters. The van der Waals surface area contributed by atoms with Crippen molar-refractivity contribution in [2.24, 2.45) is 0 Å². The molecule has 29 heavy (non-hydrogen) atoms. The summed E-state index contributed by atoms with van der Waals surface area (Å²) < 4.78 is 0.370. The molecule has 0 spiro atoms. The van der Waals surface area contributed by atoms with Gasteiger partial charge < -0.3 is 0 Å². The molecule has 0 radical (unpaired) electrons. The smallest absolute Gasteiger partial charge is 0.269 e. The topological polar surface area (TPSA) is 78.5 Å². The number of amides is 3. The summed E-state index contributed by atoms with van der Waals surface area (Å²) in [5.74, 6) is -1.13. The Balaban J connectivity index is 1.53. The van der Waals surface area contributed by atoms with E-state index in [4.69, 9.17) is 23.8 Å². The summed E-state index contributed by atoms with van der Waals surface area (Å²) >= 11 is 12.6. The Morgan fingerprint density at radius 1 is 1.07 bits per heavy atom. The van der Waals surface area contributed by atoms with E-state index in [1.807, 2.05) is 6.07 Å². The molecule has 3 amide bonds. The first-order valence-electron chi connectivity index (χ1n) is 8.60. The van der Waals surface area contributed by atoms with E-state index in [9.17, 15) is 14.4 Å². The third-order valence-electron chi connectivity index (χ3n) is 3.98. The monoisotopic (exact) mass is 445 g/mol. The molecule has 3 rings (SSSR count). The minimum atomic E-state index is -0.432. The molecule has 0 aliphatic carbocycles. The molecule has 0 aromatic heterocycles. The fourth-order valence-electron chi connectivity index (χ4n) is 2.49. The first-order valence-corrected chi connectivity index (χ1v) is 10.2. The summed E-state index contributed by atoms with van der Waals surface area (Å²) in [7, 11) is 0. The second-order valence-corrected chi connectivity index (χ2v) is 8.06. The van der Waals surface area contributed by atoms with Gasteiger partial charge in [0.1, 0.15) is 4.32 Å². The van der Waals surface area contributed by atoms with Crippen molar-refractivity contribution >= 4 is 63.7 Å². The molecule has 0 bridgehead atoms. The van der Waals surface area contributed by atoms with E-state index in [1.54, 1.807) is 54.6 Å². The molecule has 148 valence electrons. The van der Waals surface area contributed by atoms with E-state index >= 15 is 0 Å². The van der Waals surface area contributed by atoms with E-state index in [2.05, 4.69) is 10.9 Å². The van der Waals surface area contributed by atoms with Crippen molar-refractivity contribution in [3.05, 3.63) is 75.7 Å². The average Bonchev–Trinajstić information content (AvgIpc) is 2.99. The summed E-state index contributed by atoms with van der Waals surface area (Å²) in [5, 5.41) is 0.534. The number of rotatable bonds is 5. The molecule has 6 nitrogen and oxygen atoms in total. The van der Waals surface area contributed by atoms with Gasteiger partial charge in [0, 0.05) is 23.6 Å². The van der Waals surface area contributed by atoms with Crippen molar-refractivity contribution in [1.29, 1.82) is 0 Å². The maximum Gasteiger partial charge on any atom is 0.269 e. The Morgan fingerprint density at radius 3 is 2.48 bits per heavy atom. The van der Waals surface area contributed by atoms with E-state index in [-0.39, 0.29) is 18.9 Å². The molecular weight excluding hydrogens is 430 g/mol. The first-order chi connectivity index (χ1) is 14.0. The zero-order valence-corrected chi connectivity index (χ0v) is 17.4. The van der Waals surface area contributed by atoms with Gasteiger partial charge in [0.25, 0.3) is 11.8 Å². The minimum Gasteiger partial charge on any atom is -0.292 e. The second kappa shape index (κ2) is 9.69. The normalized spacial score (nSPS) is 14.9. The third kappa shape index (κ3) is 5.44. The van der Waals surface area contributed by atoms with E-state index in [1.165, 1.54) is 4.90 Å². The first kappa shape index (κ1) is 21.0. The number of hydrogen-bond acceptors (Lipinski definition) is 5. The van der Waals surface area contributed by atoms with Gasteiger partial charge in [0.2, 0.25) is 5.91 Å². The van der Waals surface area contributed by atoms with Crippen molar-refractivity contribution in [3.8, 4) is 0 Å². The highest BCUT2D eigenvalue weighted by molar-refractivity contribution is 8.26. The maximum atomic E-state index is 12.6. The molecule has 2 N–H and O–H groups in total. The van der Waals surface area contributed by atoms with E-state index < -0.39 is 11.8 Å². The van der Waals surface area contributed by atoms with Gasteiger partial charge in [-0.05, 0) is 29.8 Å². The fraction of sp³-hybridized carbons (Fsp3) is 0.100. The average molecular weight is 446 g/mol. The summed E-state index contributed by atoms with van der Waals surface area (Å²) in [5.41, 5.74) is 5.82. The number of halogens is 1. The lowest BCUT2D eigenvalue weighted by Gasteiger charge is -2.14. The number of benzene rings is 2. The number of carbonyl (C=O) groups is 3. The Hall–Kier alpha value is -2.68. The van der Waals surface area contributed by atoms with E-state index in [0.29, 0.717) is 19.8 Å². The number of nitrogens with zero attached hydrogens (tertiary/aromatic N) is 1. The van der Waals surface area contributed by atoms with Crippen molar-refractivity contribution < 1.29 is 14.4 Å². The van der Waals surface area contributed by atoms with Gasteiger partial charge in [-0.15, -0.1) is 0 Å². The van der Waals surface area contributed by atoms with Gasteiger partial charge in [-0.1, -0.05) is 72.0 Å². The van der Waals surface area contributed by atoms with Gasteiger partial charge in [-0.25, -0.2) is 0 Å². The van der Waals surface area contributed by atoms with Crippen LogP contribution in [0.2, 0.25) is 5.02 Å². The lowest BCUT2D eigenvalue weighted by molar-refractivity contribution is -0.124. The lowest BCUT2D eigenvalue weighted by atomic mass is 10.2. The van der Waals surface area contributed by atoms with Crippen molar-refractivity contribution in [1.82, 2.24) is 15.8 Å². The number of carbonyl (C=O) groups excluding carboxylic acids is 3. The molecule has 1 heterocycles. The summed E-state index contributed by atoms with van der Waals surface area (Å²) in [6.45, 7) is 0.109. The Kier molecular flexibility index (Phi) is 7.03. The highest BCUT2D eigenvalue weighted by atomic mass is 35.5. The van der Waals surface area contributed by atoms with Gasteiger partial charge in [0.05, 0.1) is 4.91 Å². The standard InChI is InChI=1S/C20H16ClN3O3S2/c21-15-9-5-4-8-14(15)12-16-19(27)24(20(28)29-16)11-10-17(25)22-23-18(26)13-6-2-1-3-7-13/h1-9,12H,10-11H2,(H,22,25)(H,23,26)/b16-12+. The zero-order chi connectivity index (χ0) is 20.8. The van der Waals surface area contributed by atoms with Crippen LogP contribution in [-0.4, -0.2) is 33.5 Å². The van der Waals surface area contributed by atoms with Crippen molar-refractivity contribution in [3.63, 3.8) is 0 Å². The molecule has 1 aliphatic heterocycles. The largest absolute Gasteiger partial charge is 0.292 e. The van der Waals surface area contributed by atoms with Gasteiger partial charge in [-0.2, -0.15) is 0 Å². The van der Waals surface area contributed by atoms with Crippen LogP contribution in [0.3, 0.4) is 0 Å². The Morgan fingerprint density at radius 2 is 1.76 bits per heavy atom. The fourth-order valence-corrected chi connectivity index (χ4v) is 3.98.